The Labute approximate surface area is 209 Å². The predicted octanol–water partition coefficient (Wildman–Crippen LogP) is 5.74. The highest BCUT2D eigenvalue weighted by atomic mass is 35.5. The van der Waals surface area contributed by atoms with E-state index in [9.17, 15) is 9.59 Å². The van der Waals surface area contributed by atoms with E-state index in [1.165, 1.54) is 18.4 Å². The number of thiophene rings is 1. The molecule has 0 saturated carbocycles. The van der Waals surface area contributed by atoms with Gasteiger partial charge in [-0.05, 0) is 66.6 Å². The molecule has 2 aromatic carbocycles. The first kappa shape index (κ1) is 24.3. The van der Waals surface area contributed by atoms with Crippen molar-refractivity contribution < 1.29 is 14.3 Å². The molecule has 1 aliphatic heterocycles. The van der Waals surface area contributed by atoms with Crippen molar-refractivity contribution in [2.45, 2.75) is 26.2 Å². The van der Waals surface area contributed by atoms with Crippen LogP contribution in [0.25, 0.3) is 10.4 Å². The molecule has 0 radical (unpaired) electrons. The highest BCUT2D eigenvalue weighted by Gasteiger charge is 2.24. The average Bonchev–Trinajstić information content (AvgIpc) is 3.25. The third-order valence-electron chi connectivity index (χ3n) is 6.22. The van der Waals surface area contributed by atoms with E-state index in [1.807, 2.05) is 49.4 Å². The van der Waals surface area contributed by atoms with Crippen molar-refractivity contribution >= 4 is 40.5 Å². The molecule has 1 saturated heterocycles. The summed E-state index contributed by atoms with van der Waals surface area (Å²) in [6, 6.07) is 17.7. The molecule has 3 aromatic rings. The van der Waals surface area contributed by atoms with Gasteiger partial charge in [0.05, 0.1) is 18.4 Å². The smallest absolute Gasteiger partial charge is 0.310 e. The number of rotatable bonds is 7. The Morgan fingerprint density at radius 1 is 1.18 bits per heavy atom. The van der Waals surface area contributed by atoms with E-state index in [0.717, 1.165) is 58.1 Å². The summed E-state index contributed by atoms with van der Waals surface area (Å²) in [6.45, 7) is 4.39. The van der Waals surface area contributed by atoms with Crippen LogP contribution in [0.4, 0.5) is 5.69 Å². The number of nitrogens with zero attached hydrogens (tertiary/aromatic N) is 1. The zero-order valence-electron chi connectivity index (χ0n) is 19.5. The molecule has 0 aliphatic carbocycles. The number of amides is 1. The molecule has 1 N–H and O–H groups in total. The summed E-state index contributed by atoms with van der Waals surface area (Å²) >= 11 is 7.51. The van der Waals surface area contributed by atoms with E-state index in [0.29, 0.717) is 17.5 Å². The van der Waals surface area contributed by atoms with Gasteiger partial charge in [-0.15, -0.1) is 11.3 Å². The molecule has 0 spiro atoms. The molecule has 1 aliphatic rings. The third-order valence-corrected chi connectivity index (χ3v) is 7.75. The van der Waals surface area contributed by atoms with Crippen LogP contribution in [-0.2, 0) is 16.0 Å². The molecule has 1 aromatic heterocycles. The normalized spacial score (nSPS) is 15.7. The molecule has 2 heterocycles. The molecule has 1 fully saturated rings. The maximum Gasteiger partial charge on any atom is 0.310 e. The lowest BCUT2D eigenvalue weighted by molar-refractivity contribution is -0.139. The SMILES string of the molecule is COC(=O)Cc1ccccc1N1CCCC(CNC(=O)c2sc(-c3ccc(Cl)cc3)cc2C)C1. The Kier molecular flexibility index (Phi) is 7.91. The second-order valence-corrected chi connectivity index (χ2v) is 10.2. The summed E-state index contributed by atoms with van der Waals surface area (Å²) < 4.78 is 4.86. The van der Waals surface area contributed by atoms with Gasteiger partial charge in [-0.2, -0.15) is 0 Å². The quantitative estimate of drug-likeness (QED) is 0.424. The summed E-state index contributed by atoms with van der Waals surface area (Å²) in [5, 5.41) is 3.86. The van der Waals surface area contributed by atoms with E-state index in [-0.39, 0.29) is 18.3 Å². The zero-order chi connectivity index (χ0) is 24.1. The minimum Gasteiger partial charge on any atom is -0.469 e. The number of benzene rings is 2. The van der Waals surface area contributed by atoms with E-state index in [2.05, 4.69) is 22.3 Å². The van der Waals surface area contributed by atoms with Gasteiger partial charge >= 0.3 is 5.97 Å². The van der Waals surface area contributed by atoms with Crippen molar-refractivity contribution in [3.63, 3.8) is 0 Å². The van der Waals surface area contributed by atoms with Crippen molar-refractivity contribution in [3.8, 4) is 10.4 Å². The van der Waals surface area contributed by atoms with Crippen LogP contribution in [-0.4, -0.2) is 38.6 Å². The number of nitrogens with one attached hydrogen (secondary N) is 1. The van der Waals surface area contributed by atoms with Gasteiger partial charge in [0.2, 0.25) is 0 Å². The average molecular weight is 497 g/mol. The Hall–Kier alpha value is -2.83. The zero-order valence-corrected chi connectivity index (χ0v) is 21.0. The lowest BCUT2D eigenvalue weighted by Crippen LogP contribution is -2.41. The fraction of sp³-hybridized carbons (Fsp3) is 0.333. The van der Waals surface area contributed by atoms with E-state index >= 15 is 0 Å². The van der Waals surface area contributed by atoms with Gasteiger partial charge < -0.3 is 15.0 Å². The lowest BCUT2D eigenvalue weighted by Gasteiger charge is -2.35. The number of anilines is 1. The topological polar surface area (TPSA) is 58.6 Å². The number of ether oxygens (including phenoxy) is 1. The number of halogens is 1. The summed E-state index contributed by atoms with van der Waals surface area (Å²) in [5.74, 6) is 0.0865. The molecule has 1 amide bonds. The van der Waals surface area contributed by atoms with Crippen LogP contribution in [0.15, 0.2) is 54.6 Å². The largest absolute Gasteiger partial charge is 0.469 e. The molecule has 34 heavy (non-hydrogen) atoms. The third kappa shape index (κ3) is 5.80. The number of hydrogen-bond acceptors (Lipinski definition) is 5. The molecule has 1 unspecified atom stereocenters. The fourth-order valence-corrected chi connectivity index (χ4v) is 5.65. The Morgan fingerprint density at radius 3 is 2.71 bits per heavy atom. The molecule has 1 atom stereocenters. The van der Waals surface area contributed by atoms with Gasteiger partial charge in [0.15, 0.2) is 0 Å². The number of carbonyl (C=O) groups is 2. The second-order valence-electron chi connectivity index (χ2n) is 8.68. The monoisotopic (exact) mass is 496 g/mol. The van der Waals surface area contributed by atoms with Gasteiger partial charge in [0.25, 0.3) is 5.91 Å². The molecular weight excluding hydrogens is 468 g/mol. The van der Waals surface area contributed by atoms with Gasteiger partial charge in [-0.25, -0.2) is 0 Å². The Morgan fingerprint density at radius 2 is 1.94 bits per heavy atom. The van der Waals surface area contributed by atoms with Crippen molar-refractivity contribution in [2.75, 3.05) is 31.6 Å². The highest BCUT2D eigenvalue weighted by molar-refractivity contribution is 7.17. The Balaban J connectivity index is 1.39. The number of para-hydroxylation sites is 1. The van der Waals surface area contributed by atoms with Crippen molar-refractivity contribution in [1.29, 1.82) is 0 Å². The van der Waals surface area contributed by atoms with Crippen LogP contribution in [0.3, 0.4) is 0 Å². The molecule has 178 valence electrons. The minimum atomic E-state index is -0.238. The predicted molar refractivity (Wildman–Crippen MR) is 139 cm³/mol. The van der Waals surface area contributed by atoms with E-state index in [1.54, 1.807) is 0 Å². The minimum absolute atomic E-state index is 0.0223. The first-order chi connectivity index (χ1) is 16.4. The van der Waals surface area contributed by atoms with Crippen LogP contribution in [0, 0.1) is 12.8 Å². The molecule has 5 nitrogen and oxygen atoms in total. The molecule has 7 heteroatoms. The van der Waals surface area contributed by atoms with Crippen LogP contribution >= 0.6 is 22.9 Å². The van der Waals surface area contributed by atoms with Gasteiger partial charge in [-0.1, -0.05) is 41.9 Å². The standard InChI is InChI=1S/C27H29ClN2O3S/c1-18-14-24(20-9-11-22(28)12-10-20)34-26(18)27(32)29-16-19-6-5-13-30(17-19)23-8-4-3-7-21(23)15-25(31)33-2/h3-4,7-12,14,19H,5-6,13,15-17H2,1-2H3,(H,29,32). The fourth-order valence-electron chi connectivity index (χ4n) is 4.43. The van der Waals surface area contributed by atoms with Crippen molar-refractivity contribution in [2.24, 2.45) is 5.92 Å². The van der Waals surface area contributed by atoms with Crippen LogP contribution in [0.1, 0.15) is 33.6 Å². The number of aryl methyl sites for hydroxylation is 1. The number of hydrogen-bond donors (Lipinski definition) is 1. The first-order valence-corrected chi connectivity index (χ1v) is 12.7. The summed E-state index contributed by atoms with van der Waals surface area (Å²) in [4.78, 5) is 29.0. The lowest BCUT2D eigenvalue weighted by atomic mass is 9.96. The van der Waals surface area contributed by atoms with Crippen LogP contribution in [0.5, 0.6) is 0 Å². The number of piperidine rings is 1. The second kappa shape index (κ2) is 11.1. The van der Waals surface area contributed by atoms with Gasteiger partial charge in [-0.3, -0.25) is 9.59 Å². The van der Waals surface area contributed by atoms with Gasteiger partial charge in [0.1, 0.15) is 0 Å². The number of carbonyl (C=O) groups excluding carboxylic acids is 2. The van der Waals surface area contributed by atoms with E-state index in [4.69, 9.17) is 16.3 Å². The summed E-state index contributed by atoms with van der Waals surface area (Å²) in [5.41, 5.74) is 4.09. The summed E-state index contributed by atoms with van der Waals surface area (Å²) in [7, 11) is 1.41. The molecule has 4 rings (SSSR count). The number of esters is 1. The summed E-state index contributed by atoms with van der Waals surface area (Å²) in [6.07, 6.45) is 2.37. The van der Waals surface area contributed by atoms with Crippen molar-refractivity contribution in [1.82, 2.24) is 5.32 Å². The number of methoxy groups -OCH3 is 1. The Bertz CT molecular complexity index is 1160. The van der Waals surface area contributed by atoms with Crippen molar-refractivity contribution in [3.05, 3.63) is 75.6 Å². The molecular formula is C27H29ClN2O3S. The van der Waals surface area contributed by atoms with E-state index < -0.39 is 0 Å². The highest BCUT2D eigenvalue weighted by Crippen LogP contribution is 2.32. The maximum atomic E-state index is 13.0. The molecule has 0 bridgehead atoms. The van der Waals surface area contributed by atoms with Gasteiger partial charge in [0, 0.05) is 35.2 Å². The van der Waals surface area contributed by atoms with Crippen LogP contribution < -0.4 is 10.2 Å². The van der Waals surface area contributed by atoms with Crippen LogP contribution in [0.2, 0.25) is 5.02 Å². The first-order valence-electron chi connectivity index (χ1n) is 11.5. The maximum absolute atomic E-state index is 13.0.